The summed E-state index contributed by atoms with van der Waals surface area (Å²) in [6.45, 7) is 14.4. The number of halogens is 1. The van der Waals surface area contributed by atoms with Crippen molar-refractivity contribution in [1.29, 1.82) is 0 Å². The first kappa shape index (κ1) is 26.3. The molecule has 1 aromatic carbocycles. The van der Waals surface area contributed by atoms with Gasteiger partial charge in [-0.15, -0.1) is 24.0 Å². The molecule has 0 aliphatic heterocycles. The molecule has 1 aromatic rings. The highest BCUT2D eigenvalue weighted by Gasteiger charge is 2.15. The van der Waals surface area contributed by atoms with Gasteiger partial charge in [-0.05, 0) is 53.2 Å². The van der Waals surface area contributed by atoms with E-state index in [0.29, 0.717) is 32.2 Å². The van der Waals surface area contributed by atoms with E-state index in [1.54, 1.807) is 0 Å². The Balaban J connectivity index is 0.00000729. The van der Waals surface area contributed by atoms with Crippen molar-refractivity contribution in [3.63, 3.8) is 0 Å². The van der Waals surface area contributed by atoms with E-state index in [0.717, 1.165) is 23.4 Å². The number of nitrogens with one attached hydrogen (secondary N) is 3. The van der Waals surface area contributed by atoms with Crippen molar-refractivity contribution in [2.45, 2.75) is 53.7 Å². The van der Waals surface area contributed by atoms with Crippen molar-refractivity contribution in [2.75, 3.05) is 26.2 Å². The zero-order valence-electron chi connectivity index (χ0n) is 17.8. The number of carbonyl (C=O) groups excluding carboxylic acids is 1. The Morgan fingerprint density at radius 1 is 1.11 bits per heavy atom. The van der Waals surface area contributed by atoms with Crippen LogP contribution in [0.25, 0.3) is 0 Å². The number of aliphatic imine (C=N–C) groups is 1. The van der Waals surface area contributed by atoms with Gasteiger partial charge in [0, 0.05) is 25.2 Å². The first-order valence-electron chi connectivity index (χ1n) is 9.46. The van der Waals surface area contributed by atoms with Crippen LogP contribution in [0.15, 0.2) is 23.2 Å². The number of rotatable bonds is 8. The standard InChI is InChI=1S/C20H34N4O3.HI/c1-7-21-18(22-11-12-23-19(25)27-20(4,5)6)24-14-16-10-9-15(3)13-17(16)26-8-2;/h9-10,13H,7-8,11-12,14H2,1-6H3,(H,23,25)(H2,21,22,24);1H. The van der Waals surface area contributed by atoms with Crippen LogP contribution < -0.4 is 20.7 Å². The van der Waals surface area contributed by atoms with Crippen LogP contribution in [-0.4, -0.2) is 43.9 Å². The Morgan fingerprint density at radius 2 is 1.79 bits per heavy atom. The van der Waals surface area contributed by atoms with E-state index < -0.39 is 11.7 Å². The highest BCUT2D eigenvalue weighted by molar-refractivity contribution is 14.0. The predicted molar refractivity (Wildman–Crippen MR) is 125 cm³/mol. The van der Waals surface area contributed by atoms with Gasteiger partial charge in [-0.1, -0.05) is 12.1 Å². The maximum absolute atomic E-state index is 11.6. The first-order chi connectivity index (χ1) is 12.7. The second kappa shape index (κ2) is 13.5. The second-order valence-corrected chi connectivity index (χ2v) is 7.09. The number of hydrogen-bond acceptors (Lipinski definition) is 4. The number of hydrogen-bond donors (Lipinski definition) is 3. The Kier molecular flexibility index (Phi) is 12.6. The minimum absolute atomic E-state index is 0. The molecule has 0 aliphatic rings. The molecule has 0 saturated heterocycles. The number of alkyl carbamates (subject to hydrolysis) is 1. The average molecular weight is 506 g/mol. The quantitative estimate of drug-likeness (QED) is 0.217. The number of aryl methyl sites for hydroxylation is 1. The van der Waals surface area contributed by atoms with Crippen LogP contribution in [0.5, 0.6) is 5.75 Å². The Hall–Kier alpha value is -1.71. The second-order valence-electron chi connectivity index (χ2n) is 7.09. The normalized spacial score (nSPS) is 11.3. The molecule has 0 unspecified atom stereocenters. The van der Waals surface area contributed by atoms with Gasteiger partial charge in [-0.3, -0.25) is 0 Å². The van der Waals surface area contributed by atoms with Crippen LogP contribution in [0, 0.1) is 6.92 Å². The fourth-order valence-electron chi connectivity index (χ4n) is 2.25. The molecule has 0 aliphatic carbocycles. The van der Waals surface area contributed by atoms with Crippen molar-refractivity contribution in [1.82, 2.24) is 16.0 Å². The summed E-state index contributed by atoms with van der Waals surface area (Å²) in [5, 5.41) is 9.11. The lowest BCUT2D eigenvalue weighted by Gasteiger charge is -2.20. The molecule has 0 radical (unpaired) electrons. The van der Waals surface area contributed by atoms with E-state index in [1.807, 2.05) is 53.7 Å². The van der Waals surface area contributed by atoms with Gasteiger partial charge in [-0.25, -0.2) is 9.79 Å². The Bertz CT molecular complexity index is 630. The molecule has 0 spiro atoms. The lowest BCUT2D eigenvalue weighted by Crippen LogP contribution is -2.42. The van der Waals surface area contributed by atoms with Gasteiger partial charge in [0.05, 0.1) is 13.2 Å². The van der Waals surface area contributed by atoms with E-state index in [9.17, 15) is 4.79 Å². The van der Waals surface area contributed by atoms with E-state index in [4.69, 9.17) is 9.47 Å². The third kappa shape index (κ3) is 11.2. The van der Waals surface area contributed by atoms with Gasteiger partial charge < -0.3 is 25.4 Å². The van der Waals surface area contributed by atoms with Gasteiger partial charge in [0.25, 0.3) is 0 Å². The van der Waals surface area contributed by atoms with Crippen molar-refractivity contribution < 1.29 is 14.3 Å². The number of guanidine groups is 1. The number of ether oxygens (including phenoxy) is 2. The molecule has 1 amide bonds. The SMILES string of the molecule is CCNC(=NCc1ccc(C)cc1OCC)NCCNC(=O)OC(C)(C)C.I. The largest absolute Gasteiger partial charge is 0.494 e. The van der Waals surface area contributed by atoms with Crippen LogP contribution in [0.4, 0.5) is 4.79 Å². The van der Waals surface area contributed by atoms with Gasteiger partial charge in [-0.2, -0.15) is 0 Å². The summed E-state index contributed by atoms with van der Waals surface area (Å²) in [6.07, 6.45) is -0.424. The van der Waals surface area contributed by atoms with Gasteiger partial charge in [0.2, 0.25) is 0 Å². The summed E-state index contributed by atoms with van der Waals surface area (Å²) >= 11 is 0. The lowest BCUT2D eigenvalue weighted by molar-refractivity contribution is 0.0529. The summed E-state index contributed by atoms with van der Waals surface area (Å²) < 4.78 is 10.9. The smallest absolute Gasteiger partial charge is 0.407 e. The molecule has 7 nitrogen and oxygen atoms in total. The van der Waals surface area contributed by atoms with Crippen molar-refractivity contribution in [3.05, 3.63) is 29.3 Å². The fourth-order valence-corrected chi connectivity index (χ4v) is 2.25. The topological polar surface area (TPSA) is 84.0 Å². The highest BCUT2D eigenvalue weighted by Crippen LogP contribution is 2.21. The molecule has 1 rings (SSSR count). The van der Waals surface area contributed by atoms with Crippen LogP contribution in [0.3, 0.4) is 0 Å². The van der Waals surface area contributed by atoms with Gasteiger partial charge in [0.15, 0.2) is 5.96 Å². The molecule has 160 valence electrons. The molecule has 3 N–H and O–H groups in total. The molecular formula is C20H35IN4O3. The summed E-state index contributed by atoms with van der Waals surface area (Å²) in [4.78, 5) is 16.2. The fraction of sp³-hybridized carbons (Fsp3) is 0.600. The molecule has 8 heteroatoms. The van der Waals surface area contributed by atoms with E-state index in [1.165, 1.54) is 0 Å². The van der Waals surface area contributed by atoms with E-state index >= 15 is 0 Å². The number of benzene rings is 1. The summed E-state index contributed by atoms with van der Waals surface area (Å²) in [5.41, 5.74) is 1.69. The van der Waals surface area contributed by atoms with E-state index in [-0.39, 0.29) is 24.0 Å². The lowest BCUT2D eigenvalue weighted by atomic mass is 10.1. The van der Waals surface area contributed by atoms with Crippen molar-refractivity contribution in [3.8, 4) is 5.75 Å². The van der Waals surface area contributed by atoms with Crippen LogP contribution in [0.2, 0.25) is 0 Å². The molecule has 0 heterocycles. The molecule has 0 bridgehead atoms. The number of carbonyl (C=O) groups is 1. The minimum Gasteiger partial charge on any atom is -0.494 e. The van der Waals surface area contributed by atoms with E-state index in [2.05, 4.69) is 27.0 Å². The first-order valence-corrected chi connectivity index (χ1v) is 9.46. The zero-order chi connectivity index (χ0) is 20.3. The third-order valence-corrected chi connectivity index (χ3v) is 3.36. The number of nitrogens with zero attached hydrogens (tertiary/aromatic N) is 1. The monoisotopic (exact) mass is 506 g/mol. The highest BCUT2D eigenvalue weighted by atomic mass is 127. The molecule has 0 atom stereocenters. The maximum atomic E-state index is 11.6. The van der Waals surface area contributed by atoms with Crippen molar-refractivity contribution >= 4 is 36.0 Å². The van der Waals surface area contributed by atoms with Crippen LogP contribution in [-0.2, 0) is 11.3 Å². The van der Waals surface area contributed by atoms with Crippen LogP contribution >= 0.6 is 24.0 Å². The molecular weight excluding hydrogens is 471 g/mol. The van der Waals surface area contributed by atoms with Gasteiger partial charge >= 0.3 is 6.09 Å². The number of amides is 1. The van der Waals surface area contributed by atoms with Crippen LogP contribution in [0.1, 0.15) is 45.7 Å². The third-order valence-electron chi connectivity index (χ3n) is 3.36. The Morgan fingerprint density at radius 3 is 2.39 bits per heavy atom. The molecule has 0 fully saturated rings. The summed E-state index contributed by atoms with van der Waals surface area (Å²) in [5.74, 6) is 1.55. The minimum atomic E-state index is -0.500. The predicted octanol–water partition coefficient (Wildman–Crippen LogP) is 3.59. The summed E-state index contributed by atoms with van der Waals surface area (Å²) in [7, 11) is 0. The van der Waals surface area contributed by atoms with Crippen molar-refractivity contribution in [2.24, 2.45) is 4.99 Å². The zero-order valence-corrected chi connectivity index (χ0v) is 20.2. The maximum Gasteiger partial charge on any atom is 0.407 e. The summed E-state index contributed by atoms with van der Waals surface area (Å²) in [6, 6.07) is 6.12. The molecule has 0 aromatic heterocycles. The molecule has 0 saturated carbocycles. The van der Waals surface area contributed by atoms with Gasteiger partial charge in [0.1, 0.15) is 11.4 Å². The molecule has 28 heavy (non-hydrogen) atoms. The average Bonchev–Trinajstić information content (AvgIpc) is 2.56. The Labute approximate surface area is 186 Å².